The zero-order valence-corrected chi connectivity index (χ0v) is 21.7. The van der Waals surface area contributed by atoms with Crippen molar-refractivity contribution in [3.8, 4) is 11.5 Å². The van der Waals surface area contributed by atoms with Gasteiger partial charge in [0.2, 0.25) is 5.91 Å². The van der Waals surface area contributed by atoms with Crippen LogP contribution in [0.2, 0.25) is 0 Å². The second-order valence-corrected chi connectivity index (χ2v) is 9.00. The van der Waals surface area contributed by atoms with E-state index in [2.05, 4.69) is 10.6 Å². The highest BCUT2D eigenvalue weighted by atomic mass is 16.6. The second-order valence-electron chi connectivity index (χ2n) is 9.00. The van der Waals surface area contributed by atoms with Gasteiger partial charge < -0.3 is 29.6 Å². The molecule has 8 nitrogen and oxygen atoms in total. The highest BCUT2D eigenvalue weighted by Crippen LogP contribution is 2.30. The lowest BCUT2D eigenvalue weighted by Gasteiger charge is -2.26. The van der Waals surface area contributed by atoms with Crippen molar-refractivity contribution in [3.05, 3.63) is 59.2 Å². The van der Waals surface area contributed by atoms with Gasteiger partial charge in [0, 0.05) is 0 Å². The summed E-state index contributed by atoms with van der Waals surface area (Å²) in [7, 11) is 3.12. The first-order valence-electron chi connectivity index (χ1n) is 11.8. The third-order valence-corrected chi connectivity index (χ3v) is 5.37. The van der Waals surface area contributed by atoms with E-state index in [0.717, 1.165) is 11.1 Å². The molecule has 192 valence electrons. The van der Waals surface area contributed by atoms with Gasteiger partial charge in [0.05, 0.1) is 39.6 Å². The minimum absolute atomic E-state index is 0.158. The van der Waals surface area contributed by atoms with Crippen LogP contribution in [0.4, 0.5) is 4.79 Å². The Bertz CT molecular complexity index is 959. The van der Waals surface area contributed by atoms with E-state index in [1.165, 1.54) is 5.56 Å². The number of hydrogen-bond donors (Lipinski definition) is 2. The minimum atomic E-state index is -0.777. The van der Waals surface area contributed by atoms with Crippen molar-refractivity contribution in [3.63, 3.8) is 0 Å². The molecule has 2 aromatic carbocycles. The van der Waals surface area contributed by atoms with Gasteiger partial charge in [0.1, 0.15) is 6.04 Å². The van der Waals surface area contributed by atoms with Gasteiger partial charge in [-0.1, -0.05) is 49.7 Å². The smallest absolute Gasteiger partial charge is 0.408 e. The van der Waals surface area contributed by atoms with Crippen LogP contribution < -0.4 is 20.1 Å². The van der Waals surface area contributed by atoms with E-state index in [-0.39, 0.29) is 24.5 Å². The summed E-state index contributed by atoms with van der Waals surface area (Å²) in [5, 5.41) is 5.70. The van der Waals surface area contributed by atoms with E-state index in [1.807, 2.05) is 57.2 Å². The van der Waals surface area contributed by atoms with E-state index in [1.54, 1.807) is 34.1 Å². The van der Waals surface area contributed by atoms with E-state index >= 15 is 0 Å². The van der Waals surface area contributed by atoms with Crippen molar-refractivity contribution in [2.45, 2.75) is 59.4 Å². The number of methoxy groups -OCH3 is 2. The molecule has 0 aliphatic heterocycles. The topological polar surface area (TPSA) is 95.1 Å². The lowest BCUT2D eigenvalue weighted by Crippen LogP contribution is -2.51. The average molecular weight is 487 g/mol. The van der Waals surface area contributed by atoms with Crippen molar-refractivity contribution in [2.24, 2.45) is 5.92 Å². The highest BCUT2D eigenvalue weighted by Gasteiger charge is 2.28. The van der Waals surface area contributed by atoms with Gasteiger partial charge in [-0.3, -0.25) is 4.79 Å². The molecule has 0 aromatic heterocycles. The molecule has 0 aliphatic rings. The zero-order chi connectivity index (χ0) is 26.0. The first kappa shape index (κ1) is 28.0. The lowest BCUT2D eigenvalue weighted by molar-refractivity contribution is -0.125. The van der Waals surface area contributed by atoms with Gasteiger partial charge in [0.15, 0.2) is 11.5 Å². The Kier molecular flexibility index (Phi) is 10.9. The fourth-order valence-corrected chi connectivity index (χ4v) is 3.44. The summed E-state index contributed by atoms with van der Waals surface area (Å²) in [5.74, 6) is 0.635. The Labute approximate surface area is 208 Å². The first-order chi connectivity index (χ1) is 16.6. The molecule has 2 amide bonds. The third-order valence-electron chi connectivity index (χ3n) is 5.37. The van der Waals surface area contributed by atoms with Crippen LogP contribution in [0, 0.1) is 12.8 Å². The number of nitrogens with one attached hydrogen (secondary N) is 2. The minimum Gasteiger partial charge on any atom is -0.493 e. The van der Waals surface area contributed by atoms with Crippen molar-refractivity contribution in [1.29, 1.82) is 0 Å². The van der Waals surface area contributed by atoms with Crippen LogP contribution in [0.15, 0.2) is 42.5 Å². The normalized spacial score (nSPS) is 12.7. The number of rotatable bonds is 12. The number of benzene rings is 2. The van der Waals surface area contributed by atoms with E-state index in [9.17, 15) is 9.59 Å². The molecule has 0 heterocycles. The van der Waals surface area contributed by atoms with E-state index in [4.69, 9.17) is 18.9 Å². The van der Waals surface area contributed by atoms with Crippen molar-refractivity contribution < 1.29 is 28.5 Å². The molecule has 0 saturated carbocycles. The Morgan fingerprint density at radius 3 is 2.11 bits per heavy atom. The standard InChI is InChI=1S/C27H38N2O6/c1-17(2)25(29-27(31)35-18(3)4)26(30)28-22(16-34-15-20-10-8-19(5)9-11-20)21-12-13-23(32-6)24(14-21)33-7/h8-14,17-18,22,25H,15-16H2,1-7H3,(H,28,30)(H,29,31). The number of alkyl carbamates (subject to hydrolysis) is 1. The monoisotopic (exact) mass is 486 g/mol. The van der Waals surface area contributed by atoms with Crippen molar-refractivity contribution >= 4 is 12.0 Å². The molecule has 0 bridgehead atoms. The number of carbonyl (C=O) groups excluding carboxylic acids is 2. The number of ether oxygens (including phenoxy) is 4. The largest absolute Gasteiger partial charge is 0.493 e. The Balaban J connectivity index is 2.21. The molecule has 2 N–H and O–H groups in total. The van der Waals surface area contributed by atoms with Crippen LogP contribution in [0.25, 0.3) is 0 Å². The molecule has 0 aliphatic carbocycles. The molecule has 0 radical (unpaired) electrons. The summed E-state index contributed by atoms with van der Waals surface area (Å²) in [6, 6.07) is 12.3. The third kappa shape index (κ3) is 8.79. The number of carbonyl (C=O) groups is 2. The molecule has 0 fully saturated rings. The molecule has 35 heavy (non-hydrogen) atoms. The molecule has 0 spiro atoms. The van der Waals surface area contributed by atoms with E-state index in [0.29, 0.717) is 18.1 Å². The predicted molar refractivity (Wildman–Crippen MR) is 135 cm³/mol. The maximum atomic E-state index is 13.2. The van der Waals surface area contributed by atoms with Gasteiger partial charge in [0.25, 0.3) is 0 Å². The van der Waals surface area contributed by atoms with Crippen LogP contribution in [0.3, 0.4) is 0 Å². The van der Waals surface area contributed by atoms with Crippen LogP contribution in [0.1, 0.15) is 50.4 Å². The van der Waals surface area contributed by atoms with Crippen molar-refractivity contribution in [2.75, 3.05) is 20.8 Å². The zero-order valence-electron chi connectivity index (χ0n) is 21.7. The second kappa shape index (κ2) is 13.6. The molecular weight excluding hydrogens is 448 g/mol. The number of amides is 2. The van der Waals surface area contributed by atoms with Crippen molar-refractivity contribution in [1.82, 2.24) is 10.6 Å². The number of hydrogen-bond acceptors (Lipinski definition) is 6. The van der Waals surface area contributed by atoms with Crippen LogP contribution in [-0.4, -0.2) is 45.0 Å². The molecule has 2 aromatic rings. The Hall–Kier alpha value is -3.26. The Morgan fingerprint density at radius 1 is 0.886 bits per heavy atom. The van der Waals surface area contributed by atoms with Crippen LogP contribution in [-0.2, 0) is 20.9 Å². The van der Waals surface area contributed by atoms with E-state index < -0.39 is 18.2 Å². The number of aryl methyl sites for hydroxylation is 1. The predicted octanol–water partition coefficient (Wildman–Crippen LogP) is 4.55. The SMILES string of the molecule is COc1ccc(C(COCc2ccc(C)cc2)NC(=O)C(NC(=O)OC(C)C)C(C)C)cc1OC. The molecular formula is C27H38N2O6. The summed E-state index contributed by atoms with van der Waals surface area (Å²) in [5.41, 5.74) is 2.99. The highest BCUT2D eigenvalue weighted by molar-refractivity contribution is 5.86. The molecule has 2 atom stereocenters. The van der Waals surface area contributed by atoms with Gasteiger partial charge >= 0.3 is 6.09 Å². The van der Waals surface area contributed by atoms with Gasteiger partial charge in [-0.05, 0) is 49.9 Å². The van der Waals surface area contributed by atoms with Gasteiger partial charge in [-0.15, -0.1) is 0 Å². The summed E-state index contributed by atoms with van der Waals surface area (Å²) in [6.07, 6.45) is -0.923. The molecule has 0 saturated heterocycles. The van der Waals surface area contributed by atoms with Crippen LogP contribution in [0.5, 0.6) is 11.5 Å². The lowest BCUT2D eigenvalue weighted by atomic mass is 10.0. The molecule has 2 rings (SSSR count). The Morgan fingerprint density at radius 2 is 1.54 bits per heavy atom. The van der Waals surface area contributed by atoms with Gasteiger partial charge in [-0.2, -0.15) is 0 Å². The quantitative estimate of drug-likeness (QED) is 0.457. The summed E-state index contributed by atoms with van der Waals surface area (Å²) in [4.78, 5) is 25.4. The summed E-state index contributed by atoms with van der Waals surface area (Å²) < 4.78 is 21.9. The molecule has 8 heteroatoms. The maximum absolute atomic E-state index is 13.2. The fraction of sp³-hybridized carbons (Fsp3) is 0.481. The summed E-state index contributed by atoms with van der Waals surface area (Å²) >= 11 is 0. The maximum Gasteiger partial charge on any atom is 0.408 e. The van der Waals surface area contributed by atoms with Crippen LogP contribution >= 0.6 is 0 Å². The van der Waals surface area contributed by atoms with Gasteiger partial charge in [-0.25, -0.2) is 4.79 Å². The average Bonchev–Trinajstić information content (AvgIpc) is 2.81. The summed E-state index contributed by atoms with van der Waals surface area (Å²) in [6.45, 7) is 9.87. The first-order valence-corrected chi connectivity index (χ1v) is 11.8. The molecule has 2 unspecified atom stereocenters. The fourth-order valence-electron chi connectivity index (χ4n) is 3.44.